The van der Waals surface area contributed by atoms with Gasteiger partial charge in [0, 0.05) is 18.0 Å². The monoisotopic (exact) mass is 283 g/mol. The van der Waals surface area contributed by atoms with Gasteiger partial charge >= 0.3 is 0 Å². The van der Waals surface area contributed by atoms with Gasteiger partial charge in [-0.15, -0.1) is 21.8 Å². The summed E-state index contributed by atoms with van der Waals surface area (Å²) >= 11 is 5.81. The maximum atomic E-state index is 13.6. The summed E-state index contributed by atoms with van der Waals surface area (Å²) in [4.78, 5) is 0. The van der Waals surface area contributed by atoms with Crippen LogP contribution < -0.4 is 0 Å². The fourth-order valence-electron chi connectivity index (χ4n) is 2.19. The van der Waals surface area contributed by atoms with Gasteiger partial charge in [0.25, 0.3) is 0 Å². The second-order valence-electron chi connectivity index (χ2n) is 4.64. The Labute approximate surface area is 114 Å². The van der Waals surface area contributed by atoms with Gasteiger partial charge in [0.1, 0.15) is 23.3 Å². The molecular formula is C13H12ClF2N3. The Morgan fingerprint density at radius 2 is 1.79 bits per heavy atom. The number of rotatable bonds is 4. The van der Waals surface area contributed by atoms with E-state index in [9.17, 15) is 8.78 Å². The summed E-state index contributed by atoms with van der Waals surface area (Å²) in [6.45, 7) is 0. The van der Waals surface area contributed by atoms with Crippen LogP contribution in [0.3, 0.4) is 0 Å². The van der Waals surface area contributed by atoms with Crippen molar-refractivity contribution in [2.24, 2.45) is 0 Å². The van der Waals surface area contributed by atoms with Crippen molar-refractivity contribution in [1.29, 1.82) is 0 Å². The highest BCUT2D eigenvalue weighted by Gasteiger charge is 2.29. The van der Waals surface area contributed by atoms with Gasteiger partial charge in [0.05, 0.1) is 5.88 Å². The molecule has 1 heterocycles. The van der Waals surface area contributed by atoms with Crippen molar-refractivity contribution in [3.05, 3.63) is 47.0 Å². The van der Waals surface area contributed by atoms with Gasteiger partial charge < -0.3 is 4.57 Å². The molecule has 1 aliphatic rings. The molecule has 3 nitrogen and oxygen atoms in total. The van der Waals surface area contributed by atoms with Crippen molar-refractivity contribution in [3.63, 3.8) is 0 Å². The standard InChI is InChI=1S/C13H12ClF2N3/c14-7-13-18-17-12(19(13)8-4-5-8)6-9-10(15)2-1-3-11(9)16/h1-3,8H,4-7H2. The molecule has 1 aromatic carbocycles. The lowest BCUT2D eigenvalue weighted by atomic mass is 10.1. The van der Waals surface area contributed by atoms with Gasteiger partial charge in [0.2, 0.25) is 0 Å². The summed E-state index contributed by atoms with van der Waals surface area (Å²) in [7, 11) is 0. The summed E-state index contributed by atoms with van der Waals surface area (Å²) in [5.41, 5.74) is 0.0259. The first kappa shape index (κ1) is 12.5. The Hall–Kier alpha value is -1.49. The summed E-state index contributed by atoms with van der Waals surface area (Å²) in [5.74, 6) is 0.372. The van der Waals surface area contributed by atoms with E-state index in [1.54, 1.807) is 0 Å². The zero-order chi connectivity index (χ0) is 13.4. The molecule has 0 atom stereocenters. The molecule has 1 aromatic heterocycles. The van der Waals surface area contributed by atoms with E-state index in [0.717, 1.165) is 12.8 Å². The number of hydrogen-bond acceptors (Lipinski definition) is 2. The highest BCUT2D eigenvalue weighted by atomic mass is 35.5. The van der Waals surface area contributed by atoms with Crippen molar-refractivity contribution in [3.8, 4) is 0 Å². The van der Waals surface area contributed by atoms with Gasteiger partial charge in [-0.1, -0.05) is 6.07 Å². The summed E-state index contributed by atoms with van der Waals surface area (Å²) in [5, 5.41) is 8.01. The van der Waals surface area contributed by atoms with E-state index in [1.807, 2.05) is 4.57 Å². The first-order valence-electron chi connectivity index (χ1n) is 6.12. The average molecular weight is 284 g/mol. The Kier molecular flexibility index (Phi) is 3.22. The Morgan fingerprint density at radius 1 is 1.16 bits per heavy atom. The third-order valence-corrected chi connectivity index (χ3v) is 3.50. The van der Waals surface area contributed by atoms with Crippen LogP contribution in [0.4, 0.5) is 8.78 Å². The van der Waals surface area contributed by atoms with Crippen LogP contribution in [-0.2, 0) is 12.3 Å². The quantitative estimate of drug-likeness (QED) is 0.807. The minimum Gasteiger partial charge on any atom is -0.311 e. The topological polar surface area (TPSA) is 30.7 Å². The van der Waals surface area contributed by atoms with Crippen LogP contribution in [0.5, 0.6) is 0 Å². The van der Waals surface area contributed by atoms with E-state index >= 15 is 0 Å². The largest absolute Gasteiger partial charge is 0.311 e. The zero-order valence-corrected chi connectivity index (χ0v) is 10.9. The van der Waals surface area contributed by atoms with Gasteiger partial charge in [-0.25, -0.2) is 8.78 Å². The van der Waals surface area contributed by atoms with Crippen LogP contribution in [-0.4, -0.2) is 14.8 Å². The second-order valence-corrected chi connectivity index (χ2v) is 4.91. The van der Waals surface area contributed by atoms with Crippen molar-refractivity contribution in [2.45, 2.75) is 31.2 Å². The molecule has 3 rings (SSSR count). The zero-order valence-electron chi connectivity index (χ0n) is 10.1. The molecule has 0 bridgehead atoms. The normalized spacial score (nSPS) is 14.9. The van der Waals surface area contributed by atoms with E-state index in [1.165, 1.54) is 18.2 Å². The van der Waals surface area contributed by atoms with Crippen LogP contribution in [0.1, 0.15) is 36.1 Å². The molecule has 100 valence electrons. The molecular weight excluding hydrogens is 272 g/mol. The first-order chi connectivity index (χ1) is 9.20. The fourth-order valence-corrected chi connectivity index (χ4v) is 2.37. The second kappa shape index (κ2) is 4.89. The Balaban J connectivity index is 1.97. The third-order valence-electron chi connectivity index (χ3n) is 3.27. The van der Waals surface area contributed by atoms with Gasteiger partial charge in [-0.05, 0) is 25.0 Å². The van der Waals surface area contributed by atoms with Crippen molar-refractivity contribution in [1.82, 2.24) is 14.8 Å². The van der Waals surface area contributed by atoms with Crippen LogP contribution >= 0.6 is 11.6 Å². The Bertz CT molecular complexity index is 588. The predicted molar refractivity (Wildman–Crippen MR) is 67.0 cm³/mol. The van der Waals surface area contributed by atoms with Crippen molar-refractivity contribution < 1.29 is 8.78 Å². The summed E-state index contributed by atoms with van der Waals surface area (Å²) < 4.78 is 29.2. The molecule has 1 saturated carbocycles. The minimum absolute atomic E-state index is 0.0259. The highest BCUT2D eigenvalue weighted by Crippen LogP contribution is 2.37. The van der Waals surface area contributed by atoms with Crippen LogP contribution in [0.2, 0.25) is 0 Å². The SMILES string of the molecule is Fc1cccc(F)c1Cc1nnc(CCl)n1C1CC1. The predicted octanol–water partition coefficient (Wildman–Crippen LogP) is 3.22. The average Bonchev–Trinajstić information content (AvgIpc) is 3.15. The highest BCUT2D eigenvalue weighted by molar-refractivity contribution is 6.16. The molecule has 1 aliphatic carbocycles. The summed E-state index contributed by atoms with van der Waals surface area (Å²) in [6, 6.07) is 4.18. The van der Waals surface area contributed by atoms with Crippen LogP contribution in [0.25, 0.3) is 0 Å². The smallest absolute Gasteiger partial charge is 0.148 e. The van der Waals surface area contributed by atoms with E-state index in [2.05, 4.69) is 10.2 Å². The molecule has 0 unspecified atom stereocenters. The molecule has 0 spiro atoms. The van der Waals surface area contributed by atoms with Crippen molar-refractivity contribution >= 4 is 11.6 Å². The lowest BCUT2D eigenvalue weighted by molar-refractivity contribution is 0.554. The number of aromatic nitrogens is 3. The number of halogens is 3. The van der Waals surface area contributed by atoms with Crippen LogP contribution in [0, 0.1) is 11.6 Å². The number of hydrogen-bond donors (Lipinski definition) is 0. The maximum absolute atomic E-state index is 13.6. The molecule has 19 heavy (non-hydrogen) atoms. The van der Waals surface area contributed by atoms with E-state index in [4.69, 9.17) is 11.6 Å². The third kappa shape index (κ3) is 2.34. The van der Waals surface area contributed by atoms with E-state index < -0.39 is 11.6 Å². The summed E-state index contributed by atoms with van der Waals surface area (Å²) in [6.07, 6.45) is 2.17. The molecule has 1 fully saturated rings. The van der Waals surface area contributed by atoms with Crippen LogP contribution in [0.15, 0.2) is 18.2 Å². The van der Waals surface area contributed by atoms with Gasteiger partial charge in [-0.3, -0.25) is 0 Å². The molecule has 0 aliphatic heterocycles. The van der Waals surface area contributed by atoms with Gasteiger partial charge in [0.15, 0.2) is 0 Å². The molecule has 6 heteroatoms. The van der Waals surface area contributed by atoms with E-state index in [0.29, 0.717) is 17.7 Å². The maximum Gasteiger partial charge on any atom is 0.148 e. The first-order valence-corrected chi connectivity index (χ1v) is 6.65. The van der Waals surface area contributed by atoms with Crippen molar-refractivity contribution in [2.75, 3.05) is 0 Å². The fraction of sp³-hybridized carbons (Fsp3) is 0.385. The molecule has 0 N–H and O–H groups in total. The Morgan fingerprint density at radius 3 is 2.37 bits per heavy atom. The number of benzene rings is 1. The lowest BCUT2D eigenvalue weighted by Crippen LogP contribution is -2.07. The number of alkyl halides is 1. The molecule has 2 aromatic rings. The molecule has 0 radical (unpaired) electrons. The molecule has 0 saturated heterocycles. The lowest BCUT2D eigenvalue weighted by Gasteiger charge is -2.08. The number of nitrogens with zero attached hydrogens (tertiary/aromatic N) is 3. The minimum atomic E-state index is -0.558. The van der Waals surface area contributed by atoms with E-state index in [-0.39, 0.29) is 17.9 Å². The van der Waals surface area contributed by atoms with Gasteiger partial charge in [-0.2, -0.15) is 0 Å². The molecule has 0 amide bonds.